The number of carbonyl (C=O) groups is 1. The third-order valence-corrected chi connectivity index (χ3v) is 6.24. The van der Waals surface area contributed by atoms with Crippen molar-refractivity contribution in [1.82, 2.24) is 20.6 Å². The smallest absolute Gasteiger partial charge is 0.225 e. The lowest BCUT2D eigenvalue weighted by molar-refractivity contribution is -0.127. The summed E-state index contributed by atoms with van der Waals surface area (Å²) in [5, 5.41) is 17.8. The number of ether oxygens (including phenoxy) is 1. The van der Waals surface area contributed by atoms with Gasteiger partial charge in [0.2, 0.25) is 5.91 Å². The van der Waals surface area contributed by atoms with Gasteiger partial charge in [-0.1, -0.05) is 33.1 Å². The summed E-state index contributed by atoms with van der Waals surface area (Å²) in [5.74, 6) is 0.553. The van der Waals surface area contributed by atoms with Crippen molar-refractivity contribution in [3.8, 4) is 0 Å². The molecule has 158 valence electrons. The van der Waals surface area contributed by atoms with Gasteiger partial charge < -0.3 is 25.5 Å². The van der Waals surface area contributed by atoms with E-state index in [1.807, 2.05) is 6.20 Å². The minimum Gasteiger partial charge on any atom is -0.392 e. The number of rotatable bonds is 8. The van der Waals surface area contributed by atoms with E-state index in [1.165, 1.54) is 32.1 Å². The summed E-state index contributed by atoms with van der Waals surface area (Å²) in [6.45, 7) is 5.13. The minimum atomic E-state index is -0.732. The molecule has 28 heavy (non-hydrogen) atoms. The fourth-order valence-electron chi connectivity index (χ4n) is 4.68. The van der Waals surface area contributed by atoms with E-state index < -0.39 is 12.0 Å². The number of aliphatic hydroxyl groups is 1. The maximum absolute atomic E-state index is 12.7. The van der Waals surface area contributed by atoms with Gasteiger partial charge >= 0.3 is 0 Å². The molecule has 1 aromatic heterocycles. The Hall–Kier alpha value is -1.44. The molecule has 4 N–H and O–H groups in total. The molecule has 2 saturated carbocycles. The maximum atomic E-state index is 12.7. The molecule has 7 heteroatoms. The second-order valence-electron chi connectivity index (χ2n) is 8.63. The normalized spacial score (nSPS) is 28.8. The third-order valence-electron chi connectivity index (χ3n) is 6.24. The highest BCUT2D eigenvalue weighted by molar-refractivity contribution is 5.80. The highest BCUT2D eigenvalue weighted by atomic mass is 16.5. The number of amides is 1. The van der Waals surface area contributed by atoms with E-state index in [2.05, 4.69) is 34.4 Å². The van der Waals surface area contributed by atoms with Gasteiger partial charge in [0.15, 0.2) is 0 Å². The molecule has 7 nitrogen and oxygen atoms in total. The van der Waals surface area contributed by atoms with Gasteiger partial charge in [-0.25, -0.2) is 4.98 Å². The molecule has 3 rings (SSSR count). The lowest BCUT2D eigenvalue weighted by Gasteiger charge is -2.30. The Labute approximate surface area is 168 Å². The van der Waals surface area contributed by atoms with Crippen LogP contribution in [-0.2, 0) is 9.53 Å². The van der Waals surface area contributed by atoms with Crippen molar-refractivity contribution in [2.45, 2.75) is 82.4 Å². The number of methoxy groups -OCH3 is 1. The molecule has 0 radical (unpaired) electrons. The van der Waals surface area contributed by atoms with Crippen molar-refractivity contribution in [2.24, 2.45) is 5.92 Å². The lowest BCUT2D eigenvalue weighted by atomic mass is 9.92. The van der Waals surface area contributed by atoms with E-state index >= 15 is 0 Å². The number of hydrogen-bond acceptors (Lipinski definition) is 5. The van der Waals surface area contributed by atoms with Crippen molar-refractivity contribution >= 4 is 5.91 Å². The number of aromatic nitrogens is 2. The highest BCUT2D eigenvalue weighted by Gasteiger charge is 2.47. The molecule has 0 saturated heterocycles. The van der Waals surface area contributed by atoms with Gasteiger partial charge in [0.25, 0.3) is 0 Å². The highest BCUT2D eigenvalue weighted by Crippen LogP contribution is 2.39. The molecule has 1 amide bonds. The topological polar surface area (TPSA) is 99.3 Å². The number of nitrogens with zero attached hydrogens (tertiary/aromatic N) is 1. The maximum Gasteiger partial charge on any atom is 0.225 e. The molecule has 0 spiro atoms. The van der Waals surface area contributed by atoms with Gasteiger partial charge in [0.05, 0.1) is 18.6 Å². The van der Waals surface area contributed by atoms with Crippen LogP contribution in [0.25, 0.3) is 0 Å². The largest absolute Gasteiger partial charge is 0.392 e. The zero-order valence-electron chi connectivity index (χ0n) is 17.4. The predicted molar refractivity (Wildman–Crippen MR) is 108 cm³/mol. The minimum absolute atomic E-state index is 0.0664. The Morgan fingerprint density at radius 1 is 1.36 bits per heavy atom. The van der Waals surface area contributed by atoms with Crippen molar-refractivity contribution in [2.75, 3.05) is 20.3 Å². The van der Waals surface area contributed by atoms with E-state index in [4.69, 9.17) is 4.74 Å². The fourth-order valence-corrected chi connectivity index (χ4v) is 4.68. The monoisotopic (exact) mass is 392 g/mol. The zero-order valence-corrected chi connectivity index (χ0v) is 17.4. The van der Waals surface area contributed by atoms with Crippen LogP contribution in [0.4, 0.5) is 0 Å². The van der Waals surface area contributed by atoms with Crippen LogP contribution in [0.1, 0.15) is 75.7 Å². The van der Waals surface area contributed by atoms with E-state index in [0.29, 0.717) is 31.5 Å². The second-order valence-corrected chi connectivity index (χ2v) is 8.63. The number of imidazole rings is 1. The average Bonchev–Trinajstić information content (AvgIpc) is 3.27. The summed E-state index contributed by atoms with van der Waals surface area (Å²) in [4.78, 5) is 20.6. The standard InChI is InChI=1S/C21H36N4O3/c1-13(2)20-23-12-17(25-20)18-16(24-14-7-5-4-6-8-14)11-15(19(18)26)21(27)22-9-10-28-3/h12-16,18-19,24,26H,4-11H2,1-3H3,(H,22,27)(H,23,25)/t15-,16+,18+,19+/m0/s1. The van der Waals surface area contributed by atoms with E-state index in [0.717, 1.165) is 11.5 Å². The molecule has 4 atom stereocenters. The van der Waals surface area contributed by atoms with Crippen LogP contribution in [0.3, 0.4) is 0 Å². The first-order chi connectivity index (χ1) is 13.5. The Balaban J connectivity index is 1.75. The zero-order chi connectivity index (χ0) is 20.1. The van der Waals surface area contributed by atoms with Gasteiger partial charge in [0, 0.05) is 49.5 Å². The molecule has 0 aromatic carbocycles. The molecule has 1 heterocycles. The van der Waals surface area contributed by atoms with Crippen molar-refractivity contribution in [3.05, 3.63) is 17.7 Å². The first-order valence-corrected chi connectivity index (χ1v) is 10.8. The number of aliphatic hydroxyl groups excluding tert-OH is 1. The quantitative estimate of drug-likeness (QED) is 0.508. The Kier molecular flexibility index (Phi) is 7.48. The fraction of sp³-hybridized carbons (Fsp3) is 0.810. The number of carbonyl (C=O) groups excluding carboxylic acids is 1. The number of H-pyrrole nitrogens is 1. The average molecular weight is 393 g/mol. The van der Waals surface area contributed by atoms with Gasteiger partial charge in [-0.3, -0.25) is 4.79 Å². The molecule has 1 aromatic rings. The number of aromatic amines is 1. The molecular weight excluding hydrogens is 356 g/mol. The molecule has 0 bridgehead atoms. The third kappa shape index (κ3) is 4.93. The Bertz CT molecular complexity index is 627. The summed E-state index contributed by atoms with van der Waals surface area (Å²) >= 11 is 0. The van der Waals surface area contributed by atoms with Gasteiger partial charge in [-0.15, -0.1) is 0 Å². The van der Waals surface area contributed by atoms with Crippen molar-refractivity contribution in [1.29, 1.82) is 0 Å². The van der Waals surface area contributed by atoms with Gasteiger partial charge in [-0.2, -0.15) is 0 Å². The Morgan fingerprint density at radius 2 is 2.11 bits per heavy atom. The molecule has 2 fully saturated rings. The van der Waals surface area contributed by atoms with Gasteiger partial charge in [-0.05, 0) is 19.3 Å². The summed E-state index contributed by atoms with van der Waals surface area (Å²) < 4.78 is 5.02. The number of nitrogens with one attached hydrogen (secondary N) is 3. The summed E-state index contributed by atoms with van der Waals surface area (Å²) in [6, 6.07) is 0.535. The van der Waals surface area contributed by atoms with Gasteiger partial charge in [0.1, 0.15) is 5.82 Å². The van der Waals surface area contributed by atoms with E-state index in [9.17, 15) is 9.90 Å². The molecular formula is C21H36N4O3. The summed E-state index contributed by atoms with van der Waals surface area (Å²) in [6.07, 6.45) is 7.89. The van der Waals surface area contributed by atoms with Crippen LogP contribution in [0.15, 0.2) is 6.20 Å². The van der Waals surface area contributed by atoms with Crippen LogP contribution < -0.4 is 10.6 Å². The van der Waals surface area contributed by atoms with Crippen LogP contribution in [0.2, 0.25) is 0 Å². The lowest BCUT2D eigenvalue weighted by Crippen LogP contribution is -2.42. The van der Waals surface area contributed by atoms with Crippen LogP contribution in [0.5, 0.6) is 0 Å². The molecule has 2 aliphatic carbocycles. The van der Waals surface area contributed by atoms with Crippen LogP contribution in [0, 0.1) is 5.92 Å². The first-order valence-electron chi connectivity index (χ1n) is 10.8. The van der Waals surface area contributed by atoms with E-state index in [-0.39, 0.29) is 17.9 Å². The SMILES string of the molecule is COCCNC(=O)[C@H]1C[C@@H](NC2CCCCC2)[C@H](c2cnc(C(C)C)[nH]2)[C@@H]1O. The molecule has 0 aliphatic heterocycles. The van der Waals surface area contributed by atoms with Crippen molar-refractivity contribution < 1.29 is 14.6 Å². The van der Waals surface area contributed by atoms with E-state index in [1.54, 1.807) is 7.11 Å². The number of hydrogen-bond donors (Lipinski definition) is 4. The van der Waals surface area contributed by atoms with Crippen LogP contribution in [-0.4, -0.2) is 59.4 Å². The summed E-state index contributed by atoms with van der Waals surface area (Å²) in [5.41, 5.74) is 0.928. The first kappa shape index (κ1) is 21.3. The van der Waals surface area contributed by atoms with Crippen LogP contribution >= 0.6 is 0 Å². The second kappa shape index (κ2) is 9.85. The molecule has 2 aliphatic rings. The van der Waals surface area contributed by atoms with Crippen molar-refractivity contribution in [3.63, 3.8) is 0 Å². The molecule has 0 unspecified atom stereocenters. The summed E-state index contributed by atoms with van der Waals surface area (Å²) in [7, 11) is 1.61. The Morgan fingerprint density at radius 3 is 2.75 bits per heavy atom. The predicted octanol–water partition coefficient (Wildman–Crippen LogP) is 2.05.